The van der Waals surface area contributed by atoms with E-state index in [-0.39, 0.29) is 39.9 Å². The molecule has 4 N–H and O–H groups in total. The molecule has 1 aliphatic carbocycles. The number of ether oxygens (including phenoxy) is 1. The van der Waals surface area contributed by atoms with Crippen LogP contribution in [-0.2, 0) is 26.2 Å². The summed E-state index contributed by atoms with van der Waals surface area (Å²) in [5, 5.41) is 16.8. The zero-order chi connectivity index (χ0) is 32.5. The summed E-state index contributed by atoms with van der Waals surface area (Å²) >= 11 is 6.89. The first-order chi connectivity index (χ1) is 21.2. The number of Topliss-reactive ketones (excluding diaryl/α,β-unsaturated/α-hetero) is 1. The minimum Gasteiger partial charge on any atom is -0.506 e. The van der Waals surface area contributed by atoms with Gasteiger partial charge >= 0.3 is 6.03 Å². The van der Waals surface area contributed by atoms with Gasteiger partial charge in [0.25, 0.3) is 5.91 Å². The Morgan fingerprint density at radius 3 is 2.51 bits per heavy atom. The highest BCUT2D eigenvalue weighted by Gasteiger charge is 2.44. The number of rotatable bonds is 7. The van der Waals surface area contributed by atoms with Crippen LogP contribution in [0.15, 0.2) is 78.0 Å². The number of phenols is 1. The number of hydrogen-bond donors (Lipinski definition) is 4. The number of phenolic OH excluding ortho intramolecular Hbond substituents is 1. The summed E-state index contributed by atoms with van der Waals surface area (Å²) in [5.41, 5.74) is 2.14. The maximum atomic E-state index is 14.0. The lowest BCUT2D eigenvalue weighted by Gasteiger charge is -2.37. The van der Waals surface area contributed by atoms with Crippen LogP contribution in [0.2, 0.25) is 5.02 Å². The molecule has 13 heteroatoms. The highest BCUT2D eigenvalue weighted by Crippen LogP contribution is 2.51. The first kappa shape index (κ1) is 31.9. The number of para-hydroxylation sites is 1. The minimum absolute atomic E-state index is 0.167. The fourth-order valence-corrected chi connectivity index (χ4v) is 6.36. The molecule has 0 bridgehead atoms. The van der Waals surface area contributed by atoms with E-state index in [0.717, 1.165) is 11.8 Å². The van der Waals surface area contributed by atoms with Gasteiger partial charge in [0.15, 0.2) is 5.78 Å². The summed E-state index contributed by atoms with van der Waals surface area (Å²) in [7, 11) is -3.87. The number of hydrogen-bond acceptors (Lipinski definition) is 8. The highest BCUT2D eigenvalue weighted by molar-refractivity contribution is 7.89. The zero-order valence-electron chi connectivity index (χ0n) is 24.9. The number of allylic oxidation sites excluding steroid dienone is 1. The molecule has 45 heavy (non-hydrogen) atoms. The predicted octanol–water partition coefficient (Wildman–Crippen LogP) is 5.03. The third-order valence-corrected chi connectivity index (χ3v) is 8.37. The van der Waals surface area contributed by atoms with Gasteiger partial charge in [0.2, 0.25) is 10.0 Å². The van der Waals surface area contributed by atoms with Crippen molar-refractivity contribution < 1.29 is 32.6 Å². The van der Waals surface area contributed by atoms with E-state index in [1.165, 1.54) is 11.0 Å². The lowest BCUT2D eigenvalue weighted by atomic mass is 9.73. The first-order valence-electron chi connectivity index (χ1n) is 14.1. The fourth-order valence-electron chi connectivity index (χ4n) is 5.61. The topological polar surface area (TPSA) is 154 Å². The third kappa shape index (κ3) is 7.23. The Morgan fingerprint density at radius 1 is 1.09 bits per heavy atom. The SMILES string of the molecule is CC1(C)CC(=O)C2=C(C1)Nc1c(O)cccc1N(C(=O)NCC(=O)NS(C)(=O)=O)C2c1ccc(OCc2ccccc2)cc1Cl. The van der Waals surface area contributed by atoms with Crippen molar-refractivity contribution in [1.29, 1.82) is 0 Å². The maximum Gasteiger partial charge on any atom is 0.323 e. The molecule has 0 aromatic heterocycles. The van der Waals surface area contributed by atoms with Crippen LogP contribution in [-0.4, -0.2) is 44.0 Å². The van der Waals surface area contributed by atoms with E-state index in [0.29, 0.717) is 30.0 Å². The average molecular weight is 653 g/mol. The molecule has 11 nitrogen and oxygen atoms in total. The molecule has 1 atom stereocenters. The monoisotopic (exact) mass is 652 g/mol. The number of nitrogens with zero attached hydrogens (tertiary/aromatic N) is 1. The molecule has 1 unspecified atom stereocenters. The van der Waals surface area contributed by atoms with Crippen LogP contribution in [0, 0.1) is 5.41 Å². The molecule has 0 radical (unpaired) electrons. The summed E-state index contributed by atoms with van der Waals surface area (Å²) in [6, 6.07) is 17.2. The van der Waals surface area contributed by atoms with E-state index in [4.69, 9.17) is 16.3 Å². The lowest BCUT2D eigenvalue weighted by molar-refractivity contribution is -0.119. The van der Waals surface area contributed by atoms with Crippen molar-refractivity contribution in [3.05, 3.63) is 94.1 Å². The van der Waals surface area contributed by atoms with Crippen molar-refractivity contribution in [2.24, 2.45) is 5.41 Å². The van der Waals surface area contributed by atoms with Crippen molar-refractivity contribution in [3.8, 4) is 11.5 Å². The van der Waals surface area contributed by atoms with Crippen LogP contribution in [0.5, 0.6) is 11.5 Å². The number of halogens is 1. The average Bonchev–Trinajstić information content (AvgIpc) is 3.09. The van der Waals surface area contributed by atoms with Gasteiger partial charge in [-0.1, -0.05) is 67.9 Å². The van der Waals surface area contributed by atoms with Crippen LogP contribution in [0.3, 0.4) is 0 Å². The summed E-state index contributed by atoms with van der Waals surface area (Å²) in [5.74, 6) is -0.880. The molecule has 0 spiro atoms. The van der Waals surface area contributed by atoms with Crippen LogP contribution >= 0.6 is 11.6 Å². The molecule has 3 amide bonds. The Hall–Kier alpha value is -4.55. The second kappa shape index (κ2) is 12.4. The van der Waals surface area contributed by atoms with Gasteiger partial charge < -0.3 is 20.5 Å². The van der Waals surface area contributed by atoms with Crippen LogP contribution in [0.25, 0.3) is 0 Å². The smallest absolute Gasteiger partial charge is 0.323 e. The van der Waals surface area contributed by atoms with Gasteiger partial charge in [-0.25, -0.2) is 13.2 Å². The summed E-state index contributed by atoms with van der Waals surface area (Å²) in [4.78, 5) is 41.5. The van der Waals surface area contributed by atoms with Crippen LogP contribution in [0.1, 0.15) is 43.9 Å². The number of nitrogens with one attached hydrogen (secondary N) is 3. The van der Waals surface area contributed by atoms with Crippen molar-refractivity contribution in [2.75, 3.05) is 23.0 Å². The summed E-state index contributed by atoms with van der Waals surface area (Å²) < 4.78 is 30.9. The van der Waals surface area contributed by atoms with E-state index in [1.807, 2.05) is 48.9 Å². The molecule has 3 aromatic rings. The molecule has 3 aromatic carbocycles. The minimum atomic E-state index is -3.87. The standard InChI is InChI=1S/C32H33ClN4O7S/c1-32(2)15-23-28(26(39)16-32)30(21-13-12-20(14-22(21)33)44-18-19-8-5-4-6-9-19)37(24-10-7-11-25(38)29(24)35-23)31(41)34-17-27(40)36-45(3,42)43/h4-14,30,35,38H,15-18H2,1-3H3,(H,34,41)(H,36,40). The second-order valence-corrected chi connectivity index (χ2v) is 14.0. The van der Waals surface area contributed by atoms with Gasteiger partial charge in [-0.15, -0.1) is 0 Å². The number of ketones is 1. The first-order valence-corrected chi connectivity index (χ1v) is 16.4. The Morgan fingerprint density at radius 2 is 1.82 bits per heavy atom. The maximum absolute atomic E-state index is 14.0. The summed E-state index contributed by atoms with van der Waals surface area (Å²) in [6.07, 6.45) is 1.44. The Bertz CT molecular complexity index is 1810. The Balaban J connectivity index is 1.61. The van der Waals surface area contributed by atoms with E-state index in [9.17, 15) is 27.9 Å². The van der Waals surface area contributed by atoms with Crippen molar-refractivity contribution in [3.63, 3.8) is 0 Å². The number of benzene rings is 3. The Kier molecular flexibility index (Phi) is 8.81. The van der Waals surface area contributed by atoms with Crippen molar-refractivity contribution >= 4 is 50.7 Å². The van der Waals surface area contributed by atoms with E-state index in [1.54, 1.807) is 30.3 Å². The molecular weight excluding hydrogens is 620 g/mol. The normalized spacial score (nSPS) is 17.4. The van der Waals surface area contributed by atoms with E-state index >= 15 is 0 Å². The molecule has 0 saturated carbocycles. The molecule has 236 valence electrons. The lowest BCUT2D eigenvalue weighted by Crippen LogP contribution is -2.48. The Labute approximate surface area is 266 Å². The molecule has 2 aliphatic rings. The molecule has 0 fully saturated rings. The summed E-state index contributed by atoms with van der Waals surface area (Å²) in [6.45, 7) is 3.53. The number of aromatic hydroxyl groups is 1. The molecule has 1 aliphatic heterocycles. The quantitative estimate of drug-likeness (QED) is 0.259. The number of urea groups is 1. The van der Waals surface area contributed by atoms with Crippen LogP contribution in [0.4, 0.5) is 16.2 Å². The van der Waals surface area contributed by atoms with Gasteiger partial charge in [-0.2, -0.15) is 0 Å². The van der Waals surface area contributed by atoms with E-state index < -0.39 is 40.0 Å². The molecule has 1 heterocycles. The van der Waals surface area contributed by atoms with Gasteiger partial charge in [0.05, 0.1) is 24.5 Å². The fraction of sp³-hybridized carbons (Fsp3) is 0.281. The zero-order valence-corrected chi connectivity index (χ0v) is 26.5. The molecular formula is C32H33ClN4O7S. The highest BCUT2D eigenvalue weighted by atomic mass is 35.5. The third-order valence-electron chi connectivity index (χ3n) is 7.44. The largest absolute Gasteiger partial charge is 0.506 e. The number of amides is 3. The number of anilines is 2. The number of carbonyl (C=O) groups excluding carboxylic acids is 3. The van der Waals surface area contributed by atoms with Gasteiger partial charge in [0.1, 0.15) is 23.8 Å². The van der Waals surface area contributed by atoms with Crippen molar-refractivity contribution in [2.45, 2.75) is 39.3 Å². The number of fused-ring (bicyclic) bond motifs is 1. The predicted molar refractivity (Wildman–Crippen MR) is 171 cm³/mol. The van der Waals surface area contributed by atoms with E-state index in [2.05, 4.69) is 10.6 Å². The second-order valence-electron chi connectivity index (χ2n) is 11.8. The molecule has 0 saturated heterocycles. The van der Waals surface area contributed by atoms with Gasteiger partial charge in [0, 0.05) is 22.7 Å². The molecule has 5 rings (SSSR count). The van der Waals surface area contributed by atoms with Crippen LogP contribution < -0.4 is 25.0 Å². The van der Waals surface area contributed by atoms with Gasteiger partial charge in [-0.05, 0) is 47.2 Å². The number of carbonyl (C=O) groups is 3. The van der Waals surface area contributed by atoms with Gasteiger partial charge in [-0.3, -0.25) is 19.2 Å². The number of sulfonamides is 1. The van der Waals surface area contributed by atoms with Crippen molar-refractivity contribution in [1.82, 2.24) is 10.0 Å².